The topological polar surface area (TPSA) is 77.0 Å². The lowest BCUT2D eigenvalue weighted by Gasteiger charge is -2.04. The Kier molecular flexibility index (Phi) is 3.79. The number of anilines is 1. The molecule has 1 aromatic carbocycles. The lowest BCUT2D eigenvalue weighted by atomic mass is 10.2. The van der Waals surface area contributed by atoms with Crippen molar-refractivity contribution in [1.29, 1.82) is 0 Å². The van der Waals surface area contributed by atoms with Crippen molar-refractivity contribution >= 4 is 23.5 Å². The monoisotopic (exact) mass is 262 g/mol. The van der Waals surface area contributed by atoms with Crippen LogP contribution in [0.5, 0.6) is 0 Å². The molecular formula is C13H14N2O4. The van der Waals surface area contributed by atoms with E-state index in [1.54, 1.807) is 24.3 Å². The Bertz CT molecular complexity index is 522. The molecule has 19 heavy (non-hydrogen) atoms. The smallest absolute Gasteiger partial charge is 0.334 e. The zero-order valence-electron chi connectivity index (χ0n) is 10.7. The van der Waals surface area contributed by atoms with Crippen LogP contribution >= 0.6 is 0 Å². The fourth-order valence-electron chi connectivity index (χ4n) is 1.69. The van der Waals surface area contributed by atoms with Crippen LogP contribution in [0.4, 0.5) is 5.69 Å². The normalized spacial score (nSPS) is 17.4. The van der Waals surface area contributed by atoms with Crippen molar-refractivity contribution in [2.24, 2.45) is 4.99 Å². The summed E-state index contributed by atoms with van der Waals surface area (Å²) in [6.45, 7) is 1.63. The van der Waals surface area contributed by atoms with Gasteiger partial charge < -0.3 is 14.8 Å². The fourth-order valence-corrected chi connectivity index (χ4v) is 1.69. The summed E-state index contributed by atoms with van der Waals surface area (Å²) in [5.41, 5.74) is 1.44. The van der Waals surface area contributed by atoms with Crippen LogP contribution in [0.15, 0.2) is 29.3 Å². The zero-order valence-corrected chi connectivity index (χ0v) is 10.7. The Morgan fingerprint density at radius 3 is 2.63 bits per heavy atom. The van der Waals surface area contributed by atoms with Gasteiger partial charge in [0.05, 0.1) is 7.11 Å². The van der Waals surface area contributed by atoms with E-state index < -0.39 is 12.0 Å². The number of aliphatic imine (C=N–C) groups is 1. The number of ether oxygens (including phenoxy) is 2. The van der Waals surface area contributed by atoms with Gasteiger partial charge in [-0.05, 0) is 24.3 Å². The van der Waals surface area contributed by atoms with E-state index in [2.05, 4.69) is 15.0 Å². The van der Waals surface area contributed by atoms with E-state index in [0.717, 1.165) is 5.56 Å². The molecule has 0 saturated heterocycles. The van der Waals surface area contributed by atoms with E-state index in [9.17, 15) is 9.59 Å². The first-order valence-electron chi connectivity index (χ1n) is 5.76. The van der Waals surface area contributed by atoms with Gasteiger partial charge in [0.2, 0.25) is 11.8 Å². The summed E-state index contributed by atoms with van der Waals surface area (Å²) in [7, 11) is 1.32. The quantitative estimate of drug-likeness (QED) is 0.823. The molecule has 0 radical (unpaired) electrons. The largest absolute Gasteiger partial charge is 0.475 e. The number of amides is 1. The first kappa shape index (κ1) is 13.1. The lowest BCUT2D eigenvalue weighted by molar-refractivity contribution is -0.142. The van der Waals surface area contributed by atoms with Crippen molar-refractivity contribution in [2.45, 2.75) is 13.0 Å². The molecule has 0 spiro atoms. The van der Waals surface area contributed by atoms with Gasteiger partial charge in [0.25, 0.3) is 0 Å². The average molecular weight is 262 g/mol. The van der Waals surface area contributed by atoms with Crippen molar-refractivity contribution in [3.63, 3.8) is 0 Å². The van der Waals surface area contributed by atoms with Crippen molar-refractivity contribution < 1.29 is 19.1 Å². The predicted molar refractivity (Wildman–Crippen MR) is 69.0 cm³/mol. The van der Waals surface area contributed by atoms with Crippen LogP contribution in [0.25, 0.3) is 0 Å². The minimum atomic E-state index is -0.602. The maximum absolute atomic E-state index is 11.3. The molecule has 1 aliphatic rings. The molecule has 6 heteroatoms. The van der Waals surface area contributed by atoms with E-state index in [1.807, 2.05) is 0 Å². The molecule has 0 bridgehead atoms. The van der Waals surface area contributed by atoms with Gasteiger partial charge in [0, 0.05) is 18.2 Å². The van der Waals surface area contributed by atoms with Gasteiger partial charge in [-0.25, -0.2) is 9.79 Å². The third kappa shape index (κ3) is 3.09. The number of nitrogens with one attached hydrogen (secondary N) is 1. The number of benzene rings is 1. The number of carbonyl (C=O) groups excluding carboxylic acids is 2. The first-order valence-corrected chi connectivity index (χ1v) is 5.76. The van der Waals surface area contributed by atoms with E-state index >= 15 is 0 Å². The highest BCUT2D eigenvalue weighted by atomic mass is 16.5. The van der Waals surface area contributed by atoms with Crippen molar-refractivity contribution in [1.82, 2.24) is 0 Å². The summed E-state index contributed by atoms with van der Waals surface area (Å²) in [6, 6.07) is 6.42. The van der Waals surface area contributed by atoms with Crippen LogP contribution in [0.2, 0.25) is 0 Å². The van der Waals surface area contributed by atoms with Crippen molar-refractivity contribution in [2.75, 3.05) is 19.0 Å². The fraction of sp³-hybridized carbons (Fsp3) is 0.308. The second kappa shape index (κ2) is 5.51. The van der Waals surface area contributed by atoms with Gasteiger partial charge in [-0.2, -0.15) is 0 Å². The van der Waals surface area contributed by atoms with E-state index in [4.69, 9.17) is 4.74 Å². The highest BCUT2D eigenvalue weighted by molar-refractivity contribution is 5.98. The number of esters is 1. The third-order valence-electron chi connectivity index (χ3n) is 2.58. The number of nitrogens with zero attached hydrogens (tertiary/aromatic N) is 1. The lowest BCUT2D eigenvalue weighted by Crippen LogP contribution is -2.21. The second-order valence-corrected chi connectivity index (χ2v) is 4.04. The molecule has 2 rings (SSSR count). The van der Waals surface area contributed by atoms with Crippen molar-refractivity contribution in [3.05, 3.63) is 29.8 Å². The van der Waals surface area contributed by atoms with E-state index in [-0.39, 0.29) is 12.5 Å². The summed E-state index contributed by atoms with van der Waals surface area (Å²) >= 11 is 0. The molecule has 1 amide bonds. The highest BCUT2D eigenvalue weighted by Gasteiger charge is 2.27. The summed E-state index contributed by atoms with van der Waals surface area (Å²) in [4.78, 5) is 26.4. The predicted octanol–water partition coefficient (Wildman–Crippen LogP) is 0.963. The van der Waals surface area contributed by atoms with Crippen LogP contribution < -0.4 is 5.32 Å². The molecule has 0 aromatic heterocycles. The zero-order chi connectivity index (χ0) is 13.8. The molecule has 0 aliphatic carbocycles. The standard InChI is InChI=1S/C13H14N2O4/c1-8(16)14-10-5-3-9(4-6-10)12-15-11(7-19-12)13(17)18-2/h3-6,11H,7H2,1-2H3,(H,14,16)/t11-/m1/s1. The first-order chi connectivity index (χ1) is 9.10. The summed E-state index contributed by atoms with van der Waals surface area (Å²) < 4.78 is 9.97. The molecule has 0 unspecified atom stereocenters. The number of rotatable bonds is 3. The second-order valence-electron chi connectivity index (χ2n) is 4.04. The van der Waals surface area contributed by atoms with Gasteiger partial charge in [0.1, 0.15) is 6.61 Å². The minimum Gasteiger partial charge on any atom is -0.475 e. The van der Waals surface area contributed by atoms with Gasteiger partial charge in [0.15, 0.2) is 6.04 Å². The van der Waals surface area contributed by atoms with Gasteiger partial charge in [-0.3, -0.25) is 4.79 Å². The molecular weight excluding hydrogens is 248 g/mol. The number of methoxy groups -OCH3 is 1. The Labute approximate surface area is 110 Å². The Balaban J connectivity index is 2.11. The van der Waals surface area contributed by atoms with Crippen LogP contribution in [0.3, 0.4) is 0 Å². The molecule has 1 aromatic rings. The molecule has 6 nitrogen and oxygen atoms in total. The third-order valence-corrected chi connectivity index (χ3v) is 2.58. The minimum absolute atomic E-state index is 0.132. The molecule has 100 valence electrons. The highest BCUT2D eigenvalue weighted by Crippen LogP contribution is 2.15. The van der Waals surface area contributed by atoms with Gasteiger partial charge in [-0.1, -0.05) is 0 Å². The molecule has 1 atom stereocenters. The molecule has 1 heterocycles. The van der Waals surface area contributed by atoms with Crippen LogP contribution in [0.1, 0.15) is 12.5 Å². The number of hydrogen-bond acceptors (Lipinski definition) is 5. The Hall–Kier alpha value is -2.37. The average Bonchev–Trinajstić information content (AvgIpc) is 2.87. The Morgan fingerprint density at radius 1 is 1.37 bits per heavy atom. The van der Waals surface area contributed by atoms with E-state index in [1.165, 1.54) is 14.0 Å². The van der Waals surface area contributed by atoms with Crippen LogP contribution in [0, 0.1) is 0 Å². The molecule has 1 aliphatic heterocycles. The molecule has 0 fully saturated rings. The number of carbonyl (C=O) groups is 2. The summed E-state index contributed by atoms with van der Waals surface area (Å²) in [5, 5.41) is 2.66. The maximum atomic E-state index is 11.3. The maximum Gasteiger partial charge on any atom is 0.334 e. The van der Waals surface area contributed by atoms with Crippen molar-refractivity contribution in [3.8, 4) is 0 Å². The van der Waals surface area contributed by atoms with Gasteiger partial charge >= 0.3 is 5.97 Å². The van der Waals surface area contributed by atoms with Crippen LogP contribution in [-0.4, -0.2) is 37.5 Å². The van der Waals surface area contributed by atoms with E-state index in [0.29, 0.717) is 11.6 Å². The molecule has 0 saturated carbocycles. The molecule has 1 N–H and O–H groups in total. The van der Waals surface area contributed by atoms with Gasteiger partial charge in [-0.15, -0.1) is 0 Å². The van der Waals surface area contributed by atoms with Crippen LogP contribution in [-0.2, 0) is 19.1 Å². The summed E-state index contributed by atoms with van der Waals surface area (Å²) in [5.74, 6) is -0.136. The Morgan fingerprint density at radius 2 is 2.05 bits per heavy atom. The summed E-state index contributed by atoms with van der Waals surface area (Å²) in [6.07, 6.45) is 0. The SMILES string of the molecule is COC(=O)[C@H]1COC(c2ccc(NC(C)=O)cc2)=N1. The number of hydrogen-bond donors (Lipinski definition) is 1.